The molecule has 0 aliphatic rings. The standard InChI is InChI=1S/C11H15BrClNO3S2/c1-11(15,7-18-2)6-14-19(16,17)8-3-4-10(13)9(12)5-8/h3-5,14-15H,6-7H2,1-2H3. The molecule has 0 saturated carbocycles. The molecule has 0 spiro atoms. The smallest absolute Gasteiger partial charge is 0.240 e. The Bertz CT molecular complexity index is 549. The van der Waals surface area contributed by atoms with Crippen molar-refractivity contribution >= 4 is 49.3 Å². The zero-order valence-electron chi connectivity index (χ0n) is 10.5. The molecular weight excluding hydrogens is 374 g/mol. The van der Waals surface area contributed by atoms with Gasteiger partial charge in [0.05, 0.1) is 15.5 Å². The van der Waals surface area contributed by atoms with Crippen molar-refractivity contribution in [3.05, 3.63) is 27.7 Å². The molecule has 4 nitrogen and oxygen atoms in total. The van der Waals surface area contributed by atoms with Crippen LogP contribution in [0.15, 0.2) is 27.6 Å². The zero-order chi connectivity index (χ0) is 14.7. The molecule has 0 aliphatic heterocycles. The number of sulfonamides is 1. The van der Waals surface area contributed by atoms with Gasteiger partial charge < -0.3 is 5.11 Å². The van der Waals surface area contributed by atoms with Crippen LogP contribution in [0.25, 0.3) is 0 Å². The third kappa shape index (κ3) is 5.24. The molecule has 0 aromatic heterocycles. The van der Waals surface area contributed by atoms with Crippen LogP contribution in [0.5, 0.6) is 0 Å². The summed E-state index contributed by atoms with van der Waals surface area (Å²) in [7, 11) is -3.66. The molecule has 1 aromatic rings. The van der Waals surface area contributed by atoms with Crippen molar-refractivity contribution in [2.24, 2.45) is 0 Å². The van der Waals surface area contributed by atoms with Crippen LogP contribution in [0.3, 0.4) is 0 Å². The number of rotatable bonds is 6. The van der Waals surface area contributed by atoms with Gasteiger partial charge in [0.15, 0.2) is 0 Å². The summed E-state index contributed by atoms with van der Waals surface area (Å²) in [5, 5.41) is 10.4. The molecular formula is C11H15BrClNO3S2. The molecule has 19 heavy (non-hydrogen) atoms. The SMILES string of the molecule is CSCC(C)(O)CNS(=O)(=O)c1ccc(Cl)c(Br)c1. The molecule has 2 N–H and O–H groups in total. The molecule has 1 unspecified atom stereocenters. The van der Waals surface area contributed by atoms with Gasteiger partial charge in [-0.05, 0) is 47.3 Å². The second kappa shape index (κ2) is 6.78. The quantitative estimate of drug-likeness (QED) is 0.786. The highest BCUT2D eigenvalue weighted by Gasteiger charge is 2.24. The van der Waals surface area contributed by atoms with Gasteiger partial charge in [-0.1, -0.05) is 11.6 Å². The molecule has 0 amide bonds. The minimum Gasteiger partial charge on any atom is -0.388 e. The summed E-state index contributed by atoms with van der Waals surface area (Å²) in [5.41, 5.74) is -1.09. The lowest BCUT2D eigenvalue weighted by atomic mass is 10.1. The van der Waals surface area contributed by atoms with Crippen molar-refractivity contribution in [3.8, 4) is 0 Å². The molecule has 0 radical (unpaired) electrons. The van der Waals surface area contributed by atoms with Gasteiger partial charge in [-0.3, -0.25) is 0 Å². The summed E-state index contributed by atoms with van der Waals surface area (Å²) in [6.45, 7) is 1.54. The third-order valence-corrected chi connectivity index (χ3v) is 5.82. The van der Waals surface area contributed by atoms with E-state index in [1.165, 1.54) is 30.0 Å². The summed E-state index contributed by atoms with van der Waals surface area (Å²) < 4.78 is 27.0. The fourth-order valence-corrected chi connectivity index (χ4v) is 3.90. The lowest BCUT2D eigenvalue weighted by Crippen LogP contribution is -2.42. The number of benzene rings is 1. The van der Waals surface area contributed by atoms with Crippen molar-refractivity contribution < 1.29 is 13.5 Å². The van der Waals surface area contributed by atoms with Crippen molar-refractivity contribution in [1.82, 2.24) is 4.72 Å². The van der Waals surface area contributed by atoms with Gasteiger partial charge in [-0.2, -0.15) is 11.8 Å². The number of hydrogen-bond acceptors (Lipinski definition) is 4. The Kier molecular flexibility index (Phi) is 6.16. The monoisotopic (exact) mass is 387 g/mol. The topological polar surface area (TPSA) is 66.4 Å². The molecule has 1 atom stereocenters. The normalized spacial score (nSPS) is 15.2. The van der Waals surface area contributed by atoms with Crippen LogP contribution in [0.4, 0.5) is 0 Å². The summed E-state index contributed by atoms with van der Waals surface area (Å²) in [4.78, 5) is 0.101. The summed E-state index contributed by atoms with van der Waals surface area (Å²) in [6, 6.07) is 4.34. The molecule has 108 valence electrons. The van der Waals surface area contributed by atoms with E-state index in [-0.39, 0.29) is 11.4 Å². The van der Waals surface area contributed by atoms with Crippen molar-refractivity contribution in [1.29, 1.82) is 0 Å². The minimum atomic E-state index is -3.66. The molecule has 1 aromatic carbocycles. The number of thioether (sulfide) groups is 1. The summed E-state index contributed by atoms with van der Waals surface area (Å²) >= 11 is 10.4. The molecule has 0 saturated heterocycles. The first-order chi connectivity index (χ1) is 8.68. The lowest BCUT2D eigenvalue weighted by Gasteiger charge is -2.22. The van der Waals surface area contributed by atoms with Crippen LogP contribution >= 0.6 is 39.3 Å². The Morgan fingerprint density at radius 3 is 2.68 bits per heavy atom. The van der Waals surface area contributed by atoms with E-state index in [2.05, 4.69) is 20.7 Å². The van der Waals surface area contributed by atoms with E-state index in [9.17, 15) is 13.5 Å². The third-order valence-electron chi connectivity index (χ3n) is 2.30. The van der Waals surface area contributed by atoms with Crippen molar-refractivity contribution in [2.75, 3.05) is 18.6 Å². The zero-order valence-corrected chi connectivity index (χ0v) is 14.5. The van der Waals surface area contributed by atoms with Crippen LogP contribution < -0.4 is 4.72 Å². The highest BCUT2D eigenvalue weighted by Crippen LogP contribution is 2.25. The van der Waals surface area contributed by atoms with E-state index in [0.29, 0.717) is 15.2 Å². The fourth-order valence-electron chi connectivity index (χ4n) is 1.34. The number of halogens is 2. The van der Waals surface area contributed by atoms with Gasteiger partial charge in [0.1, 0.15) is 0 Å². The molecule has 0 bridgehead atoms. The Balaban J connectivity index is 2.84. The first-order valence-corrected chi connectivity index (χ1v) is 9.39. The Hall–Kier alpha value is 0.210. The predicted molar refractivity (Wildman–Crippen MR) is 83.3 cm³/mol. The van der Waals surface area contributed by atoms with E-state index < -0.39 is 15.6 Å². The van der Waals surface area contributed by atoms with E-state index in [0.717, 1.165) is 0 Å². The van der Waals surface area contributed by atoms with Crippen molar-refractivity contribution in [2.45, 2.75) is 17.4 Å². The number of nitrogens with one attached hydrogen (secondary N) is 1. The first kappa shape index (κ1) is 17.3. The second-order valence-electron chi connectivity index (χ2n) is 4.33. The van der Waals surface area contributed by atoms with E-state index >= 15 is 0 Å². The van der Waals surface area contributed by atoms with Crippen LogP contribution in [0.1, 0.15) is 6.92 Å². The van der Waals surface area contributed by atoms with Gasteiger partial charge >= 0.3 is 0 Å². The molecule has 0 heterocycles. The maximum Gasteiger partial charge on any atom is 0.240 e. The van der Waals surface area contributed by atoms with E-state index in [4.69, 9.17) is 11.6 Å². The molecule has 1 rings (SSSR count). The Labute approximate surface area is 131 Å². The fraction of sp³-hybridized carbons (Fsp3) is 0.455. The molecule has 0 fully saturated rings. The average molecular weight is 389 g/mol. The van der Waals surface area contributed by atoms with Crippen molar-refractivity contribution in [3.63, 3.8) is 0 Å². The van der Waals surface area contributed by atoms with Crippen LogP contribution in [-0.4, -0.2) is 37.7 Å². The Morgan fingerprint density at radius 2 is 2.16 bits per heavy atom. The largest absolute Gasteiger partial charge is 0.388 e. The van der Waals surface area contributed by atoms with Crippen LogP contribution in [0.2, 0.25) is 5.02 Å². The Morgan fingerprint density at radius 1 is 1.53 bits per heavy atom. The number of aliphatic hydroxyl groups is 1. The van der Waals surface area contributed by atoms with Gasteiger partial charge in [0, 0.05) is 16.8 Å². The number of hydrogen-bond donors (Lipinski definition) is 2. The van der Waals surface area contributed by atoms with Gasteiger partial charge in [0.25, 0.3) is 0 Å². The van der Waals surface area contributed by atoms with Crippen LogP contribution in [0, 0.1) is 0 Å². The summed E-state index contributed by atoms with van der Waals surface area (Å²) in [5.74, 6) is 0.444. The van der Waals surface area contributed by atoms with Crippen LogP contribution in [-0.2, 0) is 10.0 Å². The highest BCUT2D eigenvalue weighted by atomic mass is 79.9. The van der Waals surface area contributed by atoms with E-state index in [1.807, 2.05) is 6.26 Å². The highest BCUT2D eigenvalue weighted by molar-refractivity contribution is 9.10. The van der Waals surface area contributed by atoms with Gasteiger partial charge in [0.2, 0.25) is 10.0 Å². The average Bonchev–Trinajstić information content (AvgIpc) is 2.30. The first-order valence-electron chi connectivity index (χ1n) is 5.34. The maximum absolute atomic E-state index is 12.1. The molecule has 0 aliphatic carbocycles. The lowest BCUT2D eigenvalue weighted by molar-refractivity contribution is 0.0908. The van der Waals surface area contributed by atoms with Gasteiger partial charge in [-0.15, -0.1) is 0 Å². The predicted octanol–water partition coefficient (Wildman–Crippen LogP) is 2.49. The minimum absolute atomic E-state index is 0.0452. The van der Waals surface area contributed by atoms with E-state index in [1.54, 1.807) is 6.92 Å². The van der Waals surface area contributed by atoms with Gasteiger partial charge in [-0.25, -0.2) is 13.1 Å². The maximum atomic E-state index is 12.1. The molecule has 8 heteroatoms. The second-order valence-corrected chi connectivity index (χ2v) is 8.22. The summed E-state index contributed by atoms with van der Waals surface area (Å²) in [6.07, 6.45) is 1.85.